The molecule has 2 N–H and O–H groups in total. The van der Waals surface area contributed by atoms with Gasteiger partial charge < -0.3 is 15.2 Å². The Balaban J connectivity index is 2.85. The summed E-state index contributed by atoms with van der Waals surface area (Å²) in [5.74, 6) is 0.822. The maximum Gasteiger partial charge on any atom is 0.0698 e. The lowest BCUT2D eigenvalue weighted by Gasteiger charge is -2.06. The third-order valence-corrected chi connectivity index (χ3v) is 2.04. The minimum absolute atomic E-state index is 0.119. The second-order valence-electron chi connectivity index (χ2n) is 3.98. The SMILES string of the molecule is CC(C)CCCCNCCOCCO. The lowest BCUT2D eigenvalue weighted by Crippen LogP contribution is -2.21. The molecule has 0 aromatic rings. The van der Waals surface area contributed by atoms with Crippen LogP contribution < -0.4 is 5.32 Å². The Labute approximate surface area is 87.8 Å². The molecule has 3 heteroatoms. The third kappa shape index (κ3) is 11.9. The van der Waals surface area contributed by atoms with Crippen LogP contribution in [0, 0.1) is 5.92 Å². The molecular weight excluding hydrogens is 178 g/mol. The van der Waals surface area contributed by atoms with E-state index in [1.165, 1.54) is 19.3 Å². The van der Waals surface area contributed by atoms with Crippen molar-refractivity contribution in [2.75, 3.05) is 32.9 Å². The molecule has 0 aliphatic rings. The van der Waals surface area contributed by atoms with E-state index in [-0.39, 0.29) is 6.61 Å². The standard InChI is InChI=1S/C11H25NO2/c1-11(2)5-3-4-6-12-7-9-14-10-8-13/h11-13H,3-10H2,1-2H3. The Morgan fingerprint density at radius 2 is 1.93 bits per heavy atom. The van der Waals surface area contributed by atoms with Crippen LogP contribution in [-0.4, -0.2) is 38.0 Å². The van der Waals surface area contributed by atoms with Crippen LogP contribution in [0.1, 0.15) is 33.1 Å². The van der Waals surface area contributed by atoms with E-state index in [9.17, 15) is 0 Å². The molecule has 0 saturated heterocycles. The van der Waals surface area contributed by atoms with Crippen molar-refractivity contribution in [2.24, 2.45) is 5.92 Å². The van der Waals surface area contributed by atoms with Crippen LogP contribution in [0.2, 0.25) is 0 Å². The fourth-order valence-electron chi connectivity index (χ4n) is 1.24. The molecule has 0 bridgehead atoms. The van der Waals surface area contributed by atoms with Crippen molar-refractivity contribution in [3.8, 4) is 0 Å². The molecular formula is C11H25NO2. The van der Waals surface area contributed by atoms with Crippen molar-refractivity contribution in [1.82, 2.24) is 5.32 Å². The quantitative estimate of drug-likeness (QED) is 0.528. The number of nitrogens with one attached hydrogen (secondary N) is 1. The van der Waals surface area contributed by atoms with Crippen LogP contribution in [0.5, 0.6) is 0 Å². The van der Waals surface area contributed by atoms with Crippen LogP contribution >= 0.6 is 0 Å². The highest BCUT2D eigenvalue weighted by molar-refractivity contribution is 4.50. The Morgan fingerprint density at radius 1 is 1.14 bits per heavy atom. The second-order valence-corrected chi connectivity index (χ2v) is 3.98. The van der Waals surface area contributed by atoms with Crippen molar-refractivity contribution in [1.29, 1.82) is 0 Å². The Morgan fingerprint density at radius 3 is 2.57 bits per heavy atom. The summed E-state index contributed by atoms with van der Waals surface area (Å²) in [7, 11) is 0. The van der Waals surface area contributed by atoms with Gasteiger partial charge in [0.15, 0.2) is 0 Å². The van der Waals surface area contributed by atoms with Crippen molar-refractivity contribution in [3.63, 3.8) is 0 Å². The summed E-state index contributed by atoms with van der Waals surface area (Å²) in [6, 6.07) is 0. The first kappa shape index (κ1) is 13.9. The van der Waals surface area contributed by atoms with Gasteiger partial charge in [0.1, 0.15) is 0 Å². The van der Waals surface area contributed by atoms with E-state index in [2.05, 4.69) is 19.2 Å². The number of hydrogen-bond acceptors (Lipinski definition) is 3. The molecule has 0 aliphatic heterocycles. The average molecular weight is 203 g/mol. The Hall–Kier alpha value is -0.120. The topological polar surface area (TPSA) is 41.5 Å². The van der Waals surface area contributed by atoms with Gasteiger partial charge in [-0.3, -0.25) is 0 Å². The van der Waals surface area contributed by atoms with Crippen molar-refractivity contribution >= 4 is 0 Å². The molecule has 0 aromatic heterocycles. The summed E-state index contributed by atoms with van der Waals surface area (Å²) >= 11 is 0. The Bertz CT molecular complexity index is 107. The van der Waals surface area contributed by atoms with E-state index in [0.717, 1.165) is 19.0 Å². The normalized spacial score (nSPS) is 11.1. The molecule has 0 fully saturated rings. The van der Waals surface area contributed by atoms with Crippen molar-refractivity contribution in [3.05, 3.63) is 0 Å². The number of rotatable bonds is 10. The fourth-order valence-corrected chi connectivity index (χ4v) is 1.24. The molecule has 0 aromatic carbocycles. The van der Waals surface area contributed by atoms with E-state index >= 15 is 0 Å². The predicted molar refractivity (Wildman–Crippen MR) is 59.5 cm³/mol. The second kappa shape index (κ2) is 11.0. The lowest BCUT2D eigenvalue weighted by molar-refractivity contribution is 0.0939. The highest BCUT2D eigenvalue weighted by Gasteiger charge is 1.93. The van der Waals surface area contributed by atoms with E-state index in [0.29, 0.717) is 13.2 Å². The van der Waals surface area contributed by atoms with Crippen LogP contribution in [0.3, 0.4) is 0 Å². The largest absolute Gasteiger partial charge is 0.394 e. The van der Waals surface area contributed by atoms with E-state index in [1.54, 1.807) is 0 Å². The molecule has 0 rings (SSSR count). The molecule has 3 nitrogen and oxygen atoms in total. The molecule has 0 unspecified atom stereocenters. The number of hydrogen-bond donors (Lipinski definition) is 2. The van der Waals surface area contributed by atoms with E-state index in [4.69, 9.17) is 9.84 Å². The minimum atomic E-state index is 0.119. The number of ether oxygens (including phenoxy) is 1. The Kier molecular flexibility index (Phi) is 10.9. The van der Waals surface area contributed by atoms with Gasteiger partial charge in [-0.1, -0.05) is 26.7 Å². The first-order chi connectivity index (χ1) is 6.77. The van der Waals surface area contributed by atoms with Gasteiger partial charge in [-0.25, -0.2) is 0 Å². The van der Waals surface area contributed by atoms with Gasteiger partial charge in [0.25, 0.3) is 0 Å². The van der Waals surface area contributed by atoms with Gasteiger partial charge in [0, 0.05) is 6.54 Å². The summed E-state index contributed by atoms with van der Waals surface area (Å²) < 4.78 is 5.12. The zero-order valence-corrected chi connectivity index (χ0v) is 9.59. The molecule has 0 aliphatic carbocycles. The monoisotopic (exact) mass is 203 g/mol. The molecule has 0 atom stereocenters. The highest BCUT2D eigenvalue weighted by Crippen LogP contribution is 2.04. The van der Waals surface area contributed by atoms with Gasteiger partial charge in [-0.15, -0.1) is 0 Å². The molecule has 0 heterocycles. The molecule has 86 valence electrons. The molecule has 0 saturated carbocycles. The minimum Gasteiger partial charge on any atom is -0.394 e. The summed E-state index contributed by atoms with van der Waals surface area (Å²) in [6.45, 7) is 7.76. The van der Waals surface area contributed by atoms with Gasteiger partial charge in [-0.05, 0) is 18.9 Å². The van der Waals surface area contributed by atoms with Crippen molar-refractivity contribution in [2.45, 2.75) is 33.1 Å². The fraction of sp³-hybridized carbons (Fsp3) is 1.00. The molecule has 0 amide bonds. The highest BCUT2D eigenvalue weighted by atomic mass is 16.5. The first-order valence-electron chi connectivity index (χ1n) is 5.66. The lowest BCUT2D eigenvalue weighted by atomic mass is 10.1. The summed E-state index contributed by atoms with van der Waals surface area (Å²) in [4.78, 5) is 0. The third-order valence-electron chi connectivity index (χ3n) is 2.04. The zero-order valence-electron chi connectivity index (χ0n) is 9.59. The summed E-state index contributed by atoms with van der Waals surface area (Å²) in [5, 5.41) is 11.8. The van der Waals surface area contributed by atoms with E-state index in [1.807, 2.05) is 0 Å². The predicted octanol–water partition coefficient (Wildman–Crippen LogP) is 1.41. The smallest absolute Gasteiger partial charge is 0.0698 e. The first-order valence-corrected chi connectivity index (χ1v) is 5.66. The van der Waals surface area contributed by atoms with Crippen molar-refractivity contribution < 1.29 is 9.84 Å². The number of aliphatic hydroxyl groups is 1. The molecule has 0 radical (unpaired) electrons. The zero-order chi connectivity index (χ0) is 10.6. The van der Waals surface area contributed by atoms with Gasteiger partial charge >= 0.3 is 0 Å². The number of aliphatic hydroxyl groups excluding tert-OH is 1. The maximum absolute atomic E-state index is 8.45. The average Bonchev–Trinajstić information content (AvgIpc) is 2.15. The molecule has 14 heavy (non-hydrogen) atoms. The van der Waals surface area contributed by atoms with Crippen LogP contribution in [0.25, 0.3) is 0 Å². The van der Waals surface area contributed by atoms with Crippen LogP contribution in [-0.2, 0) is 4.74 Å². The van der Waals surface area contributed by atoms with Crippen LogP contribution in [0.4, 0.5) is 0 Å². The summed E-state index contributed by atoms with van der Waals surface area (Å²) in [5.41, 5.74) is 0. The van der Waals surface area contributed by atoms with Crippen LogP contribution in [0.15, 0.2) is 0 Å². The van der Waals surface area contributed by atoms with Gasteiger partial charge in [0.05, 0.1) is 19.8 Å². The maximum atomic E-state index is 8.45. The van der Waals surface area contributed by atoms with E-state index < -0.39 is 0 Å². The van der Waals surface area contributed by atoms with Gasteiger partial charge in [0.2, 0.25) is 0 Å². The number of unbranched alkanes of at least 4 members (excludes halogenated alkanes) is 1. The van der Waals surface area contributed by atoms with Gasteiger partial charge in [-0.2, -0.15) is 0 Å². The summed E-state index contributed by atoms with van der Waals surface area (Å²) in [6.07, 6.45) is 3.88. The molecule has 0 spiro atoms.